The summed E-state index contributed by atoms with van der Waals surface area (Å²) in [6, 6.07) is 1.54. The lowest BCUT2D eigenvalue weighted by Gasteiger charge is -2.31. The highest BCUT2D eigenvalue weighted by Gasteiger charge is 2.32. The highest BCUT2D eigenvalue weighted by Crippen LogP contribution is 2.18. The minimum absolute atomic E-state index is 0.230. The van der Waals surface area contributed by atoms with Crippen LogP contribution in [0.15, 0.2) is 17.3 Å². The number of ether oxygens (including phenoxy) is 1. The second-order valence-corrected chi connectivity index (χ2v) is 6.37. The van der Waals surface area contributed by atoms with Gasteiger partial charge in [-0.1, -0.05) is 6.92 Å². The first-order chi connectivity index (χ1) is 9.09. The Morgan fingerprint density at radius 2 is 2.37 bits per heavy atom. The van der Waals surface area contributed by atoms with Gasteiger partial charge in [0.05, 0.1) is 18.9 Å². The summed E-state index contributed by atoms with van der Waals surface area (Å²) >= 11 is 0. The first kappa shape index (κ1) is 14.4. The smallest absolute Gasteiger partial charge is 0.260 e. The Hall–Kier alpha value is -0.960. The van der Waals surface area contributed by atoms with Crippen molar-refractivity contribution in [1.29, 1.82) is 0 Å². The van der Waals surface area contributed by atoms with Gasteiger partial charge in [-0.15, -0.1) is 0 Å². The molecule has 7 nitrogen and oxygen atoms in total. The van der Waals surface area contributed by atoms with Gasteiger partial charge in [0, 0.05) is 26.2 Å². The number of hydrogen-bond acceptors (Lipinski definition) is 5. The molecule has 1 aromatic rings. The van der Waals surface area contributed by atoms with Gasteiger partial charge in [-0.25, -0.2) is 8.42 Å². The number of morpholine rings is 1. The van der Waals surface area contributed by atoms with Crippen LogP contribution in [0.2, 0.25) is 0 Å². The number of sulfonamides is 1. The number of rotatable bonds is 5. The monoisotopic (exact) mass is 288 g/mol. The fraction of sp³-hybridized carbons (Fsp3) is 0.727. The molecule has 1 aromatic heterocycles. The summed E-state index contributed by atoms with van der Waals surface area (Å²) in [5.74, 6) is 0. The zero-order chi connectivity index (χ0) is 13.9. The lowest BCUT2D eigenvalue weighted by molar-refractivity contribution is 0.00435. The van der Waals surface area contributed by atoms with Gasteiger partial charge in [0.1, 0.15) is 0 Å². The molecule has 1 fully saturated rings. The predicted octanol–water partition coefficient (Wildman–Crippen LogP) is -0.359. The lowest BCUT2D eigenvalue weighted by atomic mass is 10.3. The van der Waals surface area contributed by atoms with E-state index in [1.165, 1.54) is 21.3 Å². The van der Waals surface area contributed by atoms with Crippen LogP contribution in [0.25, 0.3) is 0 Å². The minimum Gasteiger partial charge on any atom is -0.374 e. The molecule has 108 valence electrons. The van der Waals surface area contributed by atoms with Gasteiger partial charge in [0.25, 0.3) is 10.0 Å². The Labute approximate surface area is 113 Å². The van der Waals surface area contributed by atoms with Crippen LogP contribution in [0.3, 0.4) is 0 Å². The van der Waals surface area contributed by atoms with E-state index in [4.69, 9.17) is 10.5 Å². The fourth-order valence-electron chi connectivity index (χ4n) is 2.10. The third-order valence-electron chi connectivity index (χ3n) is 3.08. The summed E-state index contributed by atoms with van der Waals surface area (Å²) in [5, 5.41) is 4.30. The van der Waals surface area contributed by atoms with Gasteiger partial charge in [0.15, 0.2) is 5.03 Å². The topological polar surface area (TPSA) is 90.5 Å². The Balaban J connectivity index is 2.23. The van der Waals surface area contributed by atoms with Gasteiger partial charge >= 0.3 is 0 Å². The first-order valence-electron chi connectivity index (χ1n) is 6.43. The SMILES string of the molecule is CCCn1nccc1S(=O)(=O)N1CCO[C@@H](CN)C1. The number of aromatic nitrogens is 2. The van der Waals surface area contributed by atoms with Gasteiger partial charge in [0.2, 0.25) is 0 Å². The summed E-state index contributed by atoms with van der Waals surface area (Å²) in [6.07, 6.45) is 2.12. The molecular weight excluding hydrogens is 268 g/mol. The van der Waals surface area contributed by atoms with Crippen molar-refractivity contribution in [3.8, 4) is 0 Å². The molecule has 2 heterocycles. The zero-order valence-electron chi connectivity index (χ0n) is 11.0. The summed E-state index contributed by atoms with van der Waals surface area (Å²) < 4.78 is 33.5. The molecule has 1 aliphatic heterocycles. The molecule has 1 aliphatic rings. The maximum absolute atomic E-state index is 12.6. The molecule has 0 aliphatic carbocycles. The van der Waals surface area contributed by atoms with Crippen molar-refractivity contribution < 1.29 is 13.2 Å². The predicted molar refractivity (Wildman–Crippen MR) is 70.1 cm³/mol. The van der Waals surface area contributed by atoms with Crippen molar-refractivity contribution in [2.24, 2.45) is 5.73 Å². The van der Waals surface area contributed by atoms with Crippen molar-refractivity contribution >= 4 is 10.0 Å². The summed E-state index contributed by atoms with van der Waals surface area (Å²) in [7, 11) is -3.52. The van der Waals surface area contributed by atoms with E-state index in [-0.39, 0.29) is 11.1 Å². The van der Waals surface area contributed by atoms with Gasteiger partial charge in [-0.05, 0) is 12.5 Å². The quantitative estimate of drug-likeness (QED) is 0.799. The van der Waals surface area contributed by atoms with E-state index in [9.17, 15) is 8.42 Å². The molecule has 1 saturated heterocycles. The number of aryl methyl sites for hydroxylation is 1. The summed E-state index contributed by atoms with van der Waals surface area (Å²) in [5.41, 5.74) is 5.54. The molecule has 2 rings (SSSR count). The van der Waals surface area contributed by atoms with E-state index in [1.54, 1.807) is 0 Å². The van der Waals surface area contributed by atoms with E-state index < -0.39 is 10.0 Å². The highest BCUT2D eigenvalue weighted by atomic mass is 32.2. The summed E-state index contributed by atoms with van der Waals surface area (Å²) in [4.78, 5) is 0. The van der Waals surface area contributed by atoms with Crippen molar-refractivity contribution in [1.82, 2.24) is 14.1 Å². The average molecular weight is 288 g/mol. The molecule has 1 atom stereocenters. The molecule has 0 amide bonds. The maximum atomic E-state index is 12.6. The van der Waals surface area contributed by atoms with E-state index in [0.717, 1.165) is 6.42 Å². The van der Waals surface area contributed by atoms with Crippen LogP contribution in [-0.2, 0) is 21.3 Å². The van der Waals surface area contributed by atoms with Gasteiger partial charge < -0.3 is 10.5 Å². The molecule has 0 bridgehead atoms. The normalized spacial score (nSPS) is 21.7. The van der Waals surface area contributed by atoms with Crippen molar-refractivity contribution in [2.45, 2.75) is 31.0 Å². The van der Waals surface area contributed by atoms with Gasteiger partial charge in [-0.3, -0.25) is 4.68 Å². The molecule has 0 aromatic carbocycles. The van der Waals surface area contributed by atoms with Crippen molar-refractivity contribution in [2.75, 3.05) is 26.2 Å². The van der Waals surface area contributed by atoms with Crippen LogP contribution in [0.5, 0.6) is 0 Å². The third-order valence-corrected chi connectivity index (χ3v) is 4.97. The number of hydrogen-bond donors (Lipinski definition) is 1. The fourth-order valence-corrected chi connectivity index (χ4v) is 3.68. The number of nitrogens with zero attached hydrogens (tertiary/aromatic N) is 3. The second kappa shape index (κ2) is 6.00. The summed E-state index contributed by atoms with van der Waals surface area (Å²) in [6.45, 7) is 3.93. The average Bonchev–Trinajstić information content (AvgIpc) is 2.88. The van der Waals surface area contributed by atoms with Crippen LogP contribution in [0.4, 0.5) is 0 Å². The number of nitrogens with two attached hydrogens (primary N) is 1. The highest BCUT2D eigenvalue weighted by molar-refractivity contribution is 7.89. The molecule has 8 heteroatoms. The van der Waals surface area contributed by atoms with Crippen LogP contribution in [0, 0.1) is 0 Å². The van der Waals surface area contributed by atoms with Crippen molar-refractivity contribution in [3.05, 3.63) is 12.3 Å². The van der Waals surface area contributed by atoms with Crippen LogP contribution < -0.4 is 5.73 Å². The largest absolute Gasteiger partial charge is 0.374 e. The van der Waals surface area contributed by atoms with Gasteiger partial charge in [-0.2, -0.15) is 9.40 Å². The molecule has 0 unspecified atom stereocenters. The minimum atomic E-state index is -3.52. The Morgan fingerprint density at radius 3 is 3.05 bits per heavy atom. The van der Waals surface area contributed by atoms with E-state index in [0.29, 0.717) is 32.8 Å². The van der Waals surface area contributed by atoms with Crippen LogP contribution in [-0.4, -0.2) is 54.8 Å². The first-order valence-corrected chi connectivity index (χ1v) is 7.87. The second-order valence-electron chi connectivity index (χ2n) is 4.48. The molecule has 19 heavy (non-hydrogen) atoms. The standard InChI is InChI=1S/C11H20N4O3S/c1-2-5-15-11(3-4-13-15)19(16,17)14-6-7-18-10(8-12)9-14/h3-4,10H,2,5-9,12H2,1H3/t10-/m0/s1. The Bertz CT molecular complexity index is 514. The Kier molecular flexibility index (Phi) is 4.56. The molecule has 0 spiro atoms. The molecule has 0 radical (unpaired) electrons. The zero-order valence-corrected chi connectivity index (χ0v) is 11.8. The molecular formula is C11H20N4O3S. The van der Waals surface area contributed by atoms with E-state index in [2.05, 4.69) is 5.10 Å². The van der Waals surface area contributed by atoms with Crippen LogP contribution in [0.1, 0.15) is 13.3 Å². The van der Waals surface area contributed by atoms with E-state index in [1.807, 2.05) is 6.92 Å². The van der Waals surface area contributed by atoms with E-state index >= 15 is 0 Å². The maximum Gasteiger partial charge on any atom is 0.260 e. The lowest BCUT2D eigenvalue weighted by Crippen LogP contribution is -2.48. The molecule has 2 N–H and O–H groups in total. The molecule has 0 saturated carbocycles. The van der Waals surface area contributed by atoms with Crippen LogP contribution >= 0.6 is 0 Å². The third kappa shape index (κ3) is 2.97. The van der Waals surface area contributed by atoms with Crippen molar-refractivity contribution in [3.63, 3.8) is 0 Å². The Morgan fingerprint density at radius 1 is 1.58 bits per heavy atom.